The first-order valence-electron chi connectivity index (χ1n) is 8.91. The van der Waals surface area contributed by atoms with E-state index in [2.05, 4.69) is 27.4 Å². The Kier molecular flexibility index (Phi) is 5.48. The molecule has 1 aliphatic carbocycles. The van der Waals surface area contributed by atoms with Crippen molar-refractivity contribution in [3.63, 3.8) is 0 Å². The van der Waals surface area contributed by atoms with Gasteiger partial charge in [-0.15, -0.1) is 0 Å². The molecule has 1 fully saturated rings. The number of nitrogens with zero attached hydrogens (tertiary/aromatic N) is 3. The van der Waals surface area contributed by atoms with Gasteiger partial charge in [-0.1, -0.05) is 12.1 Å². The van der Waals surface area contributed by atoms with Crippen molar-refractivity contribution in [3.05, 3.63) is 29.9 Å². The maximum Gasteiger partial charge on any atom is 0.433 e. The number of halogens is 3. The number of nitrogens with one attached hydrogen (secondary N) is 1. The van der Waals surface area contributed by atoms with Gasteiger partial charge in [0.2, 0.25) is 17.6 Å². The average Bonchev–Trinajstić information content (AvgIpc) is 3.12. The molecule has 146 valence electrons. The summed E-state index contributed by atoms with van der Waals surface area (Å²) in [6.07, 6.45) is 0.254. The Labute approximate surface area is 154 Å². The topological polar surface area (TPSA) is 80.9 Å². The van der Waals surface area contributed by atoms with Gasteiger partial charge in [0.1, 0.15) is 11.7 Å². The molecule has 9 heteroatoms. The number of hydrogen-bond acceptors (Lipinski definition) is 5. The van der Waals surface area contributed by atoms with E-state index < -0.39 is 17.9 Å². The molecule has 0 spiro atoms. The molecule has 1 N–H and O–H groups in total. The van der Waals surface area contributed by atoms with Crippen molar-refractivity contribution < 1.29 is 22.5 Å². The minimum Gasteiger partial charge on any atom is -0.344 e. The summed E-state index contributed by atoms with van der Waals surface area (Å²) in [5.41, 5.74) is -0.883. The lowest BCUT2D eigenvalue weighted by Crippen LogP contribution is -2.34. The zero-order valence-electron chi connectivity index (χ0n) is 15.1. The lowest BCUT2D eigenvalue weighted by molar-refractivity contribution is -0.141. The van der Waals surface area contributed by atoms with Crippen LogP contribution < -0.4 is 5.32 Å². The van der Waals surface area contributed by atoms with Crippen LogP contribution in [0.25, 0.3) is 11.4 Å². The summed E-state index contributed by atoms with van der Waals surface area (Å²) in [7, 11) is 0. The van der Waals surface area contributed by atoms with E-state index in [4.69, 9.17) is 4.52 Å². The number of amides is 1. The molecule has 1 aliphatic rings. The van der Waals surface area contributed by atoms with Crippen molar-refractivity contribution in [2.45, 2.75) is 51.7 Å². The molecular weight excluding hydrogens is 361 g/mol. The van der Waals surface area contributed by atoms with Crippen molar-refractivity contribution >= 4 is 5.91 Å². The molecular formula is C18H21F3N4O2. The molecule has 1 saturated carbocycles. The van der Waals surface area contributed by atoms with Gasteiger partial charge in [-0.05, 0) is 50.7 Å². The standard InChI is InChI=1S/C18H21F3N4O2/c1-10-3-5-12(6-4-10)16(26)23-11(2)17-24-15(25-27-17)13-7-8-22-14(9-13)18(19,20)21/h7-12H,3-6H2,1-2H3,(H,23,26)/t10-,11?,12-. The summed E-state index contributed by atoms with van der Waals surface area (Å²) in [4.78, 5) is 19.8. The van der Waals surface area contributed by atoms with E-state index in [-0.39, 0.29) is 29.1 Å². The Morgan fingerprint density at radius 1 is 1.30 bits per heavy atom. The Morgan fingerprint density at radius 3 is 2.67 bits per heavy atom. The van der Waals surface area contributed by atoms with Crippen LogP contribution >= 0.6 is 0 Å². The number of hydrogen-bond donors (Lipinski definition) is 1. The summed E-state index contributed by atoms with van der Waals surface area (Å²) in [6, 6.07) is 1.71. The van der Waals surface area contributed by atoms with E-state index in [1.165, 1.54) is 6.07 Å². The van der Waals surface area contributed by atoms with Crippen LogP contribution in [0.4, 0.5) is 13.2 Å². The van der Waals surface area contributed by atoms with Crippen molar-refractivity contribution in [3.8, 4) is 11.4 Å². The Hall–Kier alpha value is -2.45. The smallest absolute Gasteiger partial charge is 0.344 e. The second kappa shape index (κ2) is 7.66. The third kappa shape index (κ3) is 4.64. The van der Waals surface area contributed by atoms with E-state index in [0.29, 0.717) is 5.92 Å². The van der Waals surface area contributed by atoms with E-state index in [9.17, 15) is 18.0 Å². The summed E-state index contributed by atoms with van der Waals surface area (Å²) in [6.45, 7) is 3.88. The number of pyridine rings is 1. The van der Waals surface area contributed by atoms with E-state index in [1.807, 2.05) is 0 Å². The van der Waals surface area contributed by atoms with Crippen molar-refractivity contribution in [2.75, 3.05) is 0 Å². The fourth-order valence-electron chi connectivity index (χ4n) is 3.17. The molecule has 27 heavy (non-hydrogen) atoms. The molecule has 1 amide bonds. The van der Waals surface area contributed by atoms with Crippen molar-refractivity contribution in [1.29, 1.82) is 0 Å². The van der Waals surface area contributed by atoms with Gasteiger partial charge in [0.05, 0.1) is 0 Å². The van der Waals surface area contributed by atoms with Crippen molar-refractivity contribution in [2.24, 2.45) is 11.8 Å². The number of aromatic nitrogens is 3. The quantitative estimate of drug-likeness (QED) is 0.859. The highest BCUT2D eigenvalue weighted by Crippen LogP contribution is 2.31. The van der Waals surface area contributed by atoms with Gasteiger partial charge in [-0.2, -0.15) is 18.2 Å². The molecule has 0 bridgehead atoms. The largest absolute Gasteiger partial charge is 0.433 e. The molecule has 0 aliphatic heterocycles. The number of alkyl halides is 3. The Morgan fingerprint density at radius 2 is 2.00 bits per heavy atom. The zero-order chi connectivity index (χ0) is 19.6. The van der Waals surface area contributed by atoms with Gasteiger partial charge in [0.25, 0.3) is 0 Å². The highest BCUT2D eigenvalue weighted by atomic mass is 19.4. The van der Waals surface area contributed by atoms with Crippen LogP contribution in [0.3, 0.4) is 0 Å². The summed E-state index contributed by atoms with van der Waals surface area (Å²) < 4.78 is 43.5. The highest BCUT2D eigenvalue weighted by molar-refractivity contribution is 5.79. The maximum atomic E-state index is 12.8. The molecule has 1 unspecified atom stereocenters. The van der Waals surface area contributed by atoms with Gasteiger partial charge in [0.15, 0.2) is 0 Å². The number of carbonyl (C=O) groups excluding carboxylic acids is 1. The molecule has 2 heterocycles. The number of rotatable bonds is 4. The fraction of sp³-hybridized carbons (Fsp3) is 0.556. The van der Waals surface area contributed by atoms with Crippen LogP contribution in [-0.4, -0.2) is 21.0 Å². The Balaban J connectivity index is 1.67. The summed E-state index contributed by atoms with van der Waals surface area (Å²) in [5, 5.41) is 6.58. The summed E-state index contributed by atoms with van der Waals surface area (Å²) in [5.74, 6) is 0.725. The SMILES string of the molecule is CC(NC(=O)[C@H]1CC[C@H](C)CC1)c1nc(-c2ccnc(C(F)(F)F)c2)no1. The normalized spacial score (nSPS) is 21.7. The van der Waals surface area contributed by atoms with Gasteiger partial charge in [-0.25, -0.2) is 0 Å². The molecule has 0 radical (unpaired) electrons. The van der Waals surface area contributed by atoms with E-state index >= 15 is 0 Å². The maximum absolute atomic E-state index is 12.8. The summed E-state index contributed by atoms with van der Waals surface area (Å²) >= 11 is 0. The highest BCUT2D eigenvalue weighted by Gasteiger charge is 2.33. The second-order valence-electron chi connectivity index (χ2n) is 7.07. The first-order chi connectivity index (χ1) is 12.7. The minimum atomic E-state index is -4.55. The molecule has 2 aromatic heterocycles. The van der Waals surface area contributed by atoms with Crippen LogP contribution in [0.1, 0.15) is 57.2 Å². The lowest BCUT2D eigenvalue weighted by atomic mass is 9.82. The van der Waals surface area contributed by atoms with Gasteiger partial charge < -0.3 is 9.84 Å². The predicted octanol–water partition coefficient (Wildman–Crippen LogP) is 4.15. The first kappa shape index (κ1) is 19.3. The average molecular weight is 382 g/mol. The first-order valence-corrected chi connectivity index (χ1v) is 8.91. The molecule has 0 saturated heterocycles. The van der Waals surface area contributed by atoms with E-state index in [1.54, 1.807) is 6.92 Å². The monoisotopic (exact) mass is 382 g/mol. The fourth-order valence-corrected chi connectivity index (χ4v) is 3.17. The van der Waals surface area contributed by atoms with E-state index in [0.717, 1.165) is 37.9 Å². The van der Waals surface area contributed by atoms with Gasteiger partial charge >= 0.3 is 6.18 Å². The van der Waals surface area contributed by atoms with Gasteiger partial charge in [-0.3, -0.25) is 9.78 Å². The zero-order valence-corrected chi connectivity index (χ0v) is 15.1. The van der Waals surface area contributed by atoms with Crippen LogP contribution in [0.5, 0.6) is 0 Å². The van der Waals surface area contributed by atoms with Crippen LogP contribution in [0.2, 0.25) is 0 Å². The van der Waals surface area contributed by atoms with Crippen LogP contribution in [0, 0.1) is 11.8 Å². The molecule has 3 rings (SSSR count). The second-order valence-corrected chi connectivity index (χ2v) is 7.07. The van der Waals surface area contributed by atoms with Crippen LogP contribution in [0.15, 0.2) is 22.9 Å². The predicted molar refractivity (Wildman–Crippen MR) is 90.2 cm³/mol. The molecule has 0 aromatic carbocycles. The Bertz CT molecular complexity index is 798. The number of carbonyl (C=O) groups is 1. The van der Waals surface area contributed by atoms with Crippen molar-refractivity contribution in [1.82, 2.24) is 20.4 Å². The van der Waals surface area contributed by atoms with Crippen LogP contribution in [-0.2, 0) is 11.0 Å². The molecule has 1 atom stereocenters. The lowest BCUT2D eigenvalue weighted by Gasteiger charge is -2.26. The van der Waals surface area contributed by atoms with Gasteiger partial charge in [0, 0.05) is 17.7 Å². The third-order valence-electron chi connectivity index (χ3n) is 4.87. The minimum absolute atomic E-state index is 0.0190. The third-order valence-corrected chi connectivity index (χ3v) is 4.87. The molecule has 2 aromatic rings. The molecule has 6 nitrogen and oxygen atoms in total.